The number of benzene rings is 1. The summed E-state index contributed by atoms with van der Waals surface area (Å²) in [5.74, 6) is 1.88. The van der Waals surface area contributed by atoms with Crippen LogP contribution in [-0.2, 0) is 11.2 Å². The van der Waals surface area contributed by atoms with Gasteiger partial charge in [-0.2, -0.15) is 0 Å². The minimum absolute atomic E-state index is 0.133. The summed E-state index contributed by atoms with van der Waals surface area (Å²) in [6.45, 7) is 1.88. The van der Waals surface area contributed by atoms with Gasteiger partial charge < -0.3 is 14.8 Å². The lowest BCUT2D eigenvalue weighted by Gasteiger charge is -2.14. The molecule has 0 spiro atoms. The van der Waals surface area contributed by atoms with Gasteiger partial charge in [-0.15, -0.1) is 10.2 Å². The summed E-state index contributed by atoms with van der Waals surface area (Å²) < 4.78 is 12.4. The molecule has 0 bridgehead atoms. The first kappa shape index (κ1) is 16.8. The van der Waals surface area contributed by atoms with Crippen molar-refractivity contribution in [3.05, 3.63) is 54.0 Å². The predicted molar refractivity (Wildman–Crippen MR) is 92.8 cm³/mol. The fraction of sp³-hybridized carbons (Fsp3) is 0.278. The second kappa shape index (κ2) is 7.21. The van der Waals surface area contributed by atoms with Crippen LogP contribution in [0, 0.1) is 0 Å². The second-order valence-electron chi connectivity index (χ2n) is 5.63. The maximum absolute atomic E-state index is 12.5. The summed E-state index contributed by atoms with van der Waals surface area (Å²) in [7, 11) is 3.16. The van der Waals surface area contributed by atoms with Gasteiger partial charge in [0.1, 0.15) is 11.5 Å². The van der Waals surface area contributed by atoms with Crippen molar-refractivity contribution in [1.29, 1.82) is 0 Å². The Morgan fingerprint density at radius 1 is 1.20 bits per heavy atom. The first-order valence-corrected chi connectivity index (χ1v) is 7.92. The largest absolute Gasteiger partial charge is 0.497 e. The van der Waals surface area contributed by atoms with Crippen LogP contribution in [0.3, 0.4) is 0 Å². The number of nitrogens with zero attached hydrogens (tertiary/aromatic N) is 3. The third-order valence-electron chi connectivity index (χ3n) is 3.94. The van der Waals surface area contributed by atoms with Crippen LogP contribution in [0.5, 0.6) is 11.5 Å². The van der Waals surface area contributed by atoms with Crippen LogP contribution >= 0.6 is 0 Å². The topological polar surface area (TPSA) is 77.8 Å². The molecule has 2 aromatic heterocycles. The van der Waals surface area contributed by atoms with Gasteiger partial charge in [0.2, 0.25) is 5.91 Å². The van der Waals surface area contributed by atoms with E-state index in [0.29, 0.717) is 17.3 Å². The Bertz CT molecular complexity index is 891. The number of hydrogen-bond donors (Lipinski definition) is 1. The molecule has 3 aromatic rings. The average Bonchev–Trinajstić information content (AvgIpc) is 3.05. The van der Waals surface area contributed by atoms with Crippen molar-refractivity contribution in [2.75, 3.05) is 14.2 Å². The zero-order valence-electron chi connectivity index (χ0n) is 14.4. The predicted octanol–water partition coefficient (Wildman–Crippen LogP) is 2.17. The third-order valence-corrected chi connectivity index (χ3v) is 3.94. The van der Waals surface area contributed by atoms with Crippen molar-refractivity contribution in [2.24, 2.45) is 0 Å². The molecule has 0 saturated carbocycles. The number of carbonyl (C=O) groups is 1. The molecule has 1 atom stereocenters. The molecule has 25 heavy (non-hydrogen) atoms. The molecule has 7 heteroatoms. The van der Waals surface area contributed by atoms with Crippen LogP contribution < -0.4 is 14.8 Å². The number of rotatable bonds is 6. The summed E-state index contributed by atoms with van der Waals surface area (Å²) in [6, 6.07) is 10.8. The van der Waals surface area contributed by atoms with Crippen molar-refractivity contribution in [1.82, 2.24) is 19.9 Å². The fourth-order valence-corrected chi connectivity index (χ4v) is 2.71. The van der Waals surface area contributed by atoms with E-state index < -0.39 is 0 Å². The number of hydrogen-bond acceptors (Lipinski definition) is 5. The minimum Gasteiger partial charge on any atom is -0.497 e. The average molecular weight is 340 g/mol. The van der Waals surface area contributed by atoms with E-state index >= 15 is 0 Å². The normalized spacial score (nSPS) is 12.0. The van der Waals surface area contributed by atoms with Crippen molar-refractivity contribution >= 4 is 11.6 Å². The molecule has 0 aliphatic heterocycles. The molecule has 0 unspecified atom stereocenters. The van der Waals surface area contributed by atoms with Gasteiger partial charge in [-0.05, 0) is 37.3 Å². The molecule has 0 saturated heterocycles. The molecule has 7 nitrogen and oxygen atoms in total. The van der Waals surface area contributed by atoms with E-state index in [1.807, 2.05) is 35.7 Å². The molecule has 3 rings (SSSR count). The van der Waals surface area contributed by atoms with Crippen LogP contribution in [-0.4, -0.2) is 34.7 Å². The number of fused-ring (bicyclic) bond motifs is 1. The van der Waals surface area contributed by atoms with Crippen molar-refractivity contribution < 1.29 is 14.3 Å². The van der Waals surface area contributed by atoms with Crippen molar-refractivity contribution in [2.45, 2.75) is 19.4 Å². The van der Waals surface area contributed by atoms with E-state index in [4.69, 9.17) is 9.47 Å². The molecule has 2 heterocycles. The smallest absolute Gasteiger partial charge is 0.225 e. The van der Waals surface area contributed by atoms with Gasteiger partial charge >= 0.3 is 0 Å². The second-order valence-corrected chi connectivity index (χ2v) is 5.63. The van der Waals surface area contributed by atoms with E-state index in [9.17, 15) is 4.79 Å². The van der Waals surface area contributed by atoms with Crippen molar-refractivity contribution in [3.63, 3.8) is 0 Å². The molecule has 0 fully saturated rings. The Kier molecular flexibility index (Phi) is 4.83. The zero-order chi connectivity index (χ0) is 17.8. The summed E-state index contributed by atoms with van der Waals surface area (Å²) >= 11 is 0. The third kappa shape index (κ3) is 3.55. The quantitative estimate of drug-likeness (QED) is 0.744. The van der Waals surface area contributed by atoms with Crippen molar-refractivity contribution in [3.8, 4) is 11.5 Å². The summed E-state index contributed by atoms with van der Waals surface area (Å²) in [5, 5.41) is 11.2. The van der Waals surface area contributed by atoms with E-state index in [1.54, 1.807) is 32.4 Å². The number of amides is 1. The molecule has 1 N–H and O–H groups in total. The molecule has 0 aliphatic rings. The maximum atomic E-state index is 12.5. The number of ether oxygens (including phenoxy) is 2. The lowest BCUT2D eigenvalue weighted by atomic mass is 10.1. The highest BCUT2D eigenvalue weighted by Gasteiger charge is 2.17. The van der Waals surface area contributed by atoms with Gasteiger partial charge in [0.15, 0.2) is 11.5 Å². The van der Waals surface area contributed by atoms with Crippen LogP contribution in [0.25, 0.3) is 5.65 Å². The van der Waals surface area contributed by atoms with Gasteiger partial charge in [-0.25, -0.2) is 0 Å². The SMILES string of the molecule is COc1ccc(OC)c(CC(=O)N[C@@H](C)c2nnc3ccccn23)c1. The number of nitrogens with one attached hydrogen (secondary N) is 1. The maximum Gasteiger partial charge on any atom is 0.225 e. The molecule has 0 aliphatic carbocycles. The molecule has 1 aromatic carbocycles. The van der Waals surface area contributed by atoms with Gasteiger partial charge in [0.05, 0.1) is 26.7 Å². The van der Waals surface area contributed by atoms with E-state index in [0.717, 1.165) is 11.2 Å². The van der Waals surface area contributed by atoms with Gasteiger partial charge in [0.25, 0.3) is 0 Å². The standard InChI is InChI=1S/C18H20N4O3/c1-12(18-21-20-16-6-4-5-9-22(16)18)19-17(23)11-13-10-14(24-2)7-8-15(13)25-3/h4-10,12H,11H2,1-3H3,(H,19,23)/t12-/m0/s1. The van der Waals surface area contributed by atoms with Crippen LogP contribution in [0.4, 0.5) is 0 Å². The highest BCUT2D eigenvalue weighted by atomic mass is 16.5. The highest BCUT2D eigenvalue weighted by Crippen LogP contribution is 2.24. The lowest BCUT2D eigenvalue weighted by molar-refractivity contribution is -0.121. The number of pyridine rings is 1. The van der Waals surface area contributed by atoms with E-state index in [-0.39, 0.29) is 18.4 Å². The monoisotopic (exact) mass is 340 g/mol. The number of carbonyl (C=O) groups excluding carboxylic acids is 1. The first-order valence-electron chi connectivity index (χ1n) is 7.92. The Morgan fingerprint density at radius 2 is 2.04 bits per heavy atom. The first-order chi connectivity index (χ1) is 12.1. The minimum atomic E-state index is -0.276. The van der Waals surface area contributed by atoms with Gasteiger partial charge in [-0.1, -0.05) is 6.07 Å². The number of methoxy groups -OCH3 is 2. The summed E-state index contributed by atoms with van der Waals surface area (Å²) in [6.07, 6.45) is 2.06. The van der Waals surface area contributed by atoms with Crippen LogP contribution in [0.2, 0.25) is 0 Å². The molecule has 1 amide bonds. The van der Waals surface area contributed by atoms with E-state index in [1.165, 1.54) is 0 Å². The Hall–Kier alpha value is -3.09. The van der Waals surface area contributed by atoms with Crippen LogP contribution in [0.1, 0.15) is 24.4 Å². The van der Waals surface area contributed by atoms with Gasteiger partial charge in [0, 0.05) is 11.8 Å². The van der Waals surface area contributed by atoms with Crippen LogP contribution in [0.15, 0.2) is 42.6 Å². The zero-order valence-corrected chi connectivity index (χ0v) is 14.4. The molecule has 130 valence electrons. The lowest BCUT2D eigenvalue weighted by Crippen LogP contribution is -2.29. The summed E-state index contributed by atoms with van der Waals surface area (Å²) in [4.78, 5) is 12.5. The van der Waals surface area contributed by atoms with Gasteiger partial charge in [-0.3, -0.25) is 9.20 Å². The number of aromatic nitrogens is 3. The summed E-state index contributed by atoms with van der Waals surface area (Å²) in [5.41, 5.74) is 1.51. The molecular formula is C18H20N4O3. The molecular weight excluding hydrogens is 320 g/mol. The molecule has 0 radical (unpaired) electrons. The van der Waals surface area contributed by atoms with E-state index in [2.05, 4.69) is 15.5 Å². The Balaban J connectivity index is 1.74. The fourth-order valence-electron chi connectivity index (χ4n) is 2.71. The highest BCUT2D eigenvalue weighted by molar-refractivity contribution is 5.79. The Labute approximate surface area is 145 Å². The Morgan fingerprint density at radius 3 is 2.80 bits per heavy atom.